The van der Waals surface area contributed by atoms with Gasteiger partial charge in [0.2, 0.25) is 0 Å². The zero-order valence-electron chi connectivity index (χ0n) is 11.2. The molecule has 6 nitrogen and oxygen atoms in total. The van der Waals surface area contributed by atoms with Crippen LogP contribution in [0.25, 0.3) is 0 Å². The molecule has 1 heterocycles. The molecule has 0 aliphatic heterocycles. The van der Waals surface area contributed by atoms with Crippen molar-refractivity contribution in [1.82, 2.24) is 9.78 Å². The van der Waals surface area contributed by atoms with Gasteiger partial charge in [-0.1, -0.05) is 0 Å². The monoisotopic (exact) mass is 253 g/mol. The van der Waals surface area contributed by atoms with Crippen LogP contribution in [0.1, 0.15) is 43.4 Å². The van der Waals surface area contributed by atoms with E-state index < -0.39 is 11.5 Å². The minimum atomic E-state index is -0.556. The molecule has 0 aliphatic carbocycles. The summed E-state index contributed by atoms with van der Waals surface area (Å²) in [6.45, 7) is 7.45. The molecule has 1 amide bonds. The molecule has 100 valence electrons. The molecule has 0 saturated heterocycles. The number of nitrogens with zero attached hydrogens (tertiary/aromatic N) is 2. The fraction of sp³-hybridized carbons (Fsp3) is 0.583. The number of rotatable bonds is 4. The summed E-state index contributed by atoms with van der Waals surface area (Å²) in [7, 11) is 0. The second-order valence-corrected chi connectivity index (χ2v) is 5.09. The second kappa shape index (κ2) is 5.20. The van der Waals surface area contributed by atoms with Crippen LogP contribution >= 0.6 is 0 Å². The lowest BCUT2D eigenvalue weighted by Gasteiger charge is -2.19. The summed E-state index contributed by atoms with van der Waals surface area (Å²) in [5.74, 6) is -0.883. The van der Waals surface area contributed by atoms with Gasteiger partial charge in [0.15, 0.2) is 0 Å². The van der Waals surface area contributed by atoms with Crippen molar-refractivity contribution in [3.63, 3.8) is 0 Å². The van der Waals surface area contributed by atoms with E-state index in [1.807, 2.05) is 0 Å². The summed E-state index contributed by atoms with van der Waals surface area (Å²) in [6.07, 6.45) is 0.151. The van der Waals surface area contributed by atoms with E-state index in [1.54, 1.807) is 33.8 Å². The number of hydrogen-bond acceptors (Lipinski definition) is 4. The van der Waals surface area contributed by atoms with Crippen LogP contribution in [0.15, 0.2) is 6.07 Å². The standard InChI is InChI=1S/C12H19N3O3/c1-8-7-9(11(13)17)15(14-8)6-5-10(16)18-12(2,3)4/h7H,5-6H2,1-4H3,(H2,13,17). The SMILES string of the molecule is Cc1cc(C(N)=O)n(CCC(=O)OC(C)(C)C)n1. The van der Waals surface area contributed by atoms with Crippen molar-refractivity contribution in [3.8, 4) is 0 Å². The Bertz CT molecular complexity index is 458. The summed E-state index contributed by atoms with van der Waals surface area (Å²) < 4.78 is 6.60. The van der Waals surface area contributed by atoms with Crippen LogP contribution < -0.4 is 5.73 Å². The van der Waals surface area contributed by atoms with Crippen molar-refractivity contribution in [2.45, 2.75) is 46.3 Å². The molecule has 0 atom stereocenters. The molecule has 6 heteroatoms. The molecule has 0 radical (unpaired) electrons. The van der Waals surface area contributed by atoms with Crippen molar-refractivity contribution < 1.29 is 14.3 Å². The molecule has 0 aromatic carbocycles. The van der Waals surface area contributed by atoms with Gasteiger partial charge in [0.05, 0.1) is 18.7 Å². The van der Waals surface area contributed by atoms with E-state index >= 15 is 0 Å². The van der Waals surface area contributed by atoms with Crippen LogP contribution in [0.5, 0.6) is 0 Å². The number of primary amides is 1. The average Bonchev–Trinajstić information content (AvgIpc) is 2.54. The Hall–Kier alpha value is -1.85. The number of amides is 1. The van der Waals surface area contributed by atoms with Gasteiger partial charge in [0.1, 0.15) is 11.3 Å². The molecule has 0 saturated carbocycles. The number of ether oxygens (including phenoxy) is 1. The lowest BCUT2D eigenvalue weighted by Crippen LogP contribution is -2.25. The summed E-state index contributed by atoms with van der Waals surface area (Å²) in [4.78, 5) is 22.7. The zero-order chi connectivity index (χ0) is 13.9. The van der Waals surface area contributed by atoms with Crippen molar-refractivity contribution in [2.75, 3.05) is 0 Å². The maximum absolute atomic E-state index is 11.5. The highest BCUT2D eigenvalue weighted by atomic mass is 16.6. The highest BCUT2D eigenvalue weighted by Crippen LogP contribution is 2.10. The summed E-state index contributed by atoms with van der Waals surface area (Å²) >= 11 is 0. The Morgan fingerprint density at radius 3 is 2.56 bits per heavy atom. The van der Waals surface area contributed by atoms with Crippen LogP contribution in [-0.2, 0) is 16.1 Å². The number of hydrogen-bond donors (Lipinski definition) is 1. The van der Waals surface area contributed by atoms with E-state index in [-0.39, 0.29) is 18.9 Å². The largest absolute Gasteiger partial charge is 0.460 e. The van der Waals surface area contributed by atoms with Gasteiger partial charge >= 0.3 is 5.97 Å². The van der Waals surface area contributed by atoms with E-state index in [0.717, 1.165) is 0 Å². The van der Waals surface area contributed by atoms with E-state index in [1.165, 1.54) is 4.68 Å². The highest BCUT2D eigenvalue weighted by molar-refractivity contribution is 5.91. The molecule has 0 unspecified atom stereocenters. The fourth-order valence-corrected chi connectivity index (χ4v) is 1.50. The number of esters is 1. The predicted molar refractivity (Wildman–Crippen MR) is 65.9 cm³/mol. The molecule has 1 rings (SSSR count). The highest BCUT2D eigenvalue weighted by Gasteiger charge is 2.17. The Labute approximate surface area is 106 Å². The molecule has 2 N–H and O–H groups in total. The smallest absolute Gasteiger partial charge is 0.308 e. The van der Waals surface area contributed by atoms with Crippen LogP contribution in [0, 0.1) is 6.92 Å². The number of nitrogens with two attached hydrogens (primary N) is 1. The molecule has 18 heavy (non-hydrogen) atoms. The topological polar surface area (TPSA) is 87.2 Å². The molecule has 0 spiro atoms. The van der Waals surface area contributed by atoms with Crippen molar-refractivity contribution >= 4 is 11.9 Å². The third-order valence-corrected chi connectivity index (χ3v) is 2.10. The first-order chi connectivity index (χ1) is 8.19. The predicted octanol–water partition coefficient (Wildman–Crippen LogP) is 1.02. The van der Waals surface area contributed by atoms with Gasteiger partial charge in [-0.2, -0.15) is 5.10 Å². The molecule has 0 fully saturated rings. The Morgan fingerprint density at radius 2 is 2.06 bits per heavy atom. The van der Waals surface area contributed by atoms with Gasteiger partial charge in [0.25, 0.3) is 5.91 Å². The number of carbonyl (C=O) groups excluding carboxylic acids is 2. The first-order valence-corrected chi connectivity index (χ1v) is 5.75. The molecular formula is C12H19N3O3. The first kappa shape index (κ1) is 14.2. The first-order valence-electron chi connectivity index (χ1n) is 5.75. The number of aryl methyl sites for hydroxylation is 2. The normalized spacial score (nSPS) is 11.3. The lowest BCUT2D eigenvalue weighted by atomic mass is 10.2. The molecule has 1 aromatic rings. The maximum atomic E-state index is 11.5. The average molecular weight is 253 g/mol. The van der Waals surface area contributed by atoms with Gasteiger partial charge in [0, 0.05) is 0 Å². The molecule has 0 aliphatic rings. The minimum Gasteiger partial charge on any atom is -0.460 e. The number of carbonyl (C=O) groups is 2. The Balaban J connectivity index is 2.64. The molecular weight excluding hydrogens is 234 g/mol. The summed E-state index contributed by atoms with van der Waals surface area (Å²) in [5.41, 5.74) is 5.70. The molecule has 1 aromatic heterocycles. The van der Waals surface area contributed by atoms with Gasteiger partial charge in [-0.25, -0.2) is 0 Å². The zero-order valence-corrected chi connectivity index (χ0v) is 11.2. The van der Waals surface area contributed by atoms with Crippen LogP contribution in [0.4, 0.5) is 0 Å². The van der Waals surface area contributed by atoms with Crippen molar-refractivity contribution in [1.29, 1.82) is 0 Å². The van der Waals surface area contributed by atoms with E-state index in [4.69, 9.17) is 10.5 Å². The minimum absolute atomic E-state index is 0.151. The van der Waals surface area contributed by atoms with Crippen LogP contribution in [0.3, 0.4) is 0 Å². The van der Waals surface area contributed by atoms with Crippen molar-refractivity contribution in [3.05, 3.63) is 17.5 Å². The van der Waals surface area contributed by atoms with E-state index in [9.17, 15) is 9.59 Å². The lowest BCUT2D eigenvalue weighted by molar-refractivity contribution is -0.155. The Morgan fingerprint density at radius 1 is 1.44 bits per heavy atom. The van der Waals surface area contributed by atoms with Gasteiger partial charge < -0.3 is 10.5 Å². The summed E-state index contributed by atoms with van der Waals surface area (Å²) in [6, 6.07) is 1.59. The van der Waals surface area contributed by atoms with Crippen LogP contribution in [0.2, 0.25) is 0 Å². The van der Waals surface area contributed by atoms with Gasteiger partial charge in [-0.05, 0) is 33.8 Å². The fourth-order valence-electron chi connectivity index (χ4n) is 1.50. The quantitative estimate of drug-likeness (QED) is 0.811. The number of aromatic nitrogens is 2. The maximum Gasteiger partial charge on any atom is 0.308 e. The van der Waals surface area contributed by atoms with E-state index in [2.05, 4.69) is 5.10 Å². The third kappa shape index (κ3) is 4.20. The third-order valence-electron chi connectivity index (χ3n) is 2.10. The molecule has 0 bridgehead atoms. The van der Waals surface area contributed by atoms with Gasteiger partial charge in [-0.15, -0.1) is 0 Å². The summed E-state index contributed by atoms with van der Waals surface area (Å²) in [5, 5.41) is 4.11. The Kier molecular flexibility index (Phi) is 4.11. The van der Waals surface area contributed by atoms with Crippen LogP contribution in [-0.4, -0.2) is 27.3 Å². The van der Waals surface area contributed by atoms with Crippen molar-refractivity contribution in [2.24, 2.45) is 5.73 Å². The second-order valence-electron chi connectivity index (χ2n) is 5.09. The van der Waals surface area contributed by atoms with E-state index in [0.29, 0.717) is 11.4 Å². The van der Waals surface area contributed by atoms with Gasteiger partial charge in [-0.3, -0.25) is 14.3 Å².